The molecule has 1 aromatic heterocycles. The van der Waals surface area contributed by atoms with Crippen molar-refractivity contribution < 1.29 is 18.0 Å². The molecular weight excluding hydrogens is 331 g/mol. The molecule has 2 atom stereocenters. The van der Waals surface area contributed by atoms with E-state index in [0.29, 0.717) is 0 Å². The predicted octanol–water partition coefficient (Wildman–Crippen LogP) is 3.61. The van der Waals surface area contributed by atoms with Gasteiger partial charge in [0.05, 0.1) is 17.8 Å². The highest BCUT2D eigenvalue weighted by molar-refractivity contribution is 5.94. The Bertz CT molecular complexity index is 790. The molecule has 0 bridgehead atoms. The lowest BCUT2D eigenvalue weighted by atomic mass is 10.1. The van der Waals surface area contributed by atoms with E-state index in [4.69, 9.17) is 0 Å². The second-order valence-electron chi connectivity index (χ2n) is 6.33. The number of rotatable bonds is 4. The number of carbonyl (C=O) groups is 1. The monoisotopic (exact) mass is 351 g/mol. The van der Waals surface area contributed by atoms with Gasteiger partial charge in [0.2, 0.25) is 5.91 Å². The molecule has 0 aliphatic carbocycles. The Morgan fingerprint density at radius 2 is 2.00 bits per heavy atom. The number of nitrogens with zero attached hydrogens (tertiary/aromatic N) is 2. The largest absolute Gasteiger partial charge is 0.353 e. The minimum absolute atomic E-state index is 0.0931. The van der Waals surface area contributed by atoms with E-state index in [-0.39, 0.29) is 11.7 Å². The quantitative estimate of drug-likeness (QED) is 0.855. The van der Waals surface area contributed by atoms with Crippen molar-refractivity contribution in [3.8, 4) is 0 Å². The number of halogens is 3. The fourth-order valence-electron chi connectivity index (χ4n) is 3.40. The van der Waals surface area contributed by atoms with Gasteiger partial charge in [-0.25, -0.2) is 13.2 Å². The molecule has 1 aromatic carbocycles. The summed E-state index contributed by atoms with van der Waals surface area (Å²) in [6.07, 6.45) is 3.83. The van der Waals surface area contributed by atoms with Crippen LogP contribution in [0.25, 0.3) is 0 Å². The van der Waals surface area contributed by atoms with E-state index in [1.54, 1.807) is 6.92 Å². The van der Waals surface area contributed by atoms with Gasteiger partial charge in [0.1, 0.15) is 0 Å². The number of likely N-dealkylation sites (tertiary alicyclic amines) is 1. The second kappa shape index (κ2) is 6.92. The summed E-state index contributed by atoms with van der Waals surface area (Å²) in [6.45, 7) is 2.47. The smallest absolute Gasteiger partial charge is 0.241 e. The third-order valence-electron chi connectivity index (χ3n) is 4.79. The van der Waals surface area contributed by atoms with Crippen LogP contribution in [-0.2, 0) is 11.8 Å². The van der Waals surface area contributed by atoms with E-state index < -0.39 is 29.4 Å². The van der Waals surface area contributed by atoms with Crippen LogP contribution in [0.1, 0.15) is 31.5 Å². The lowest BCUT2D eigenvalue weighted by molar-refractivity contribution is -0.121. The highest BCUT2D eigenvalue weighted by atomic mass is 19.2. The zero-order chi connectivity index (χ0) is 18.1. The minimum atomic E-state index is -1.59. The van der Waals surface area contributed by atoms with Crippen molar-refractivity contribution >= 4 is 11.6 Å². The Balaban J connectivity index is 1.76. The summed E-state index contributed by atoms with van der Waals surface area (Å²) in [7, 11) is 1.95. The molecule has 0 spiro atoms. The normalized spacial score (nSPS) is 19.2. The van der Waals surface area contributed by atoms with Crippen molar-refractivity contribution in [2.45, 2.75) is 31.8 Å². The molecule has 134 valence electrons. The van der Waals surface area contributed by atoms with Crippen LogP contribution in [0.4, 0.5) is 18.9 Å². The minimum Gasteiger partial charge on any atom is -0.353 e. The van der Waals surface area contributed by atoms with Gasteiger partial charge in [-0.1, -0.05) is 0 Å². The Kier molecular flexibility index (Phi) is 4.85. The van der Waals surface area contributed by atoms with Crippen LogP contribution in [-0.4, -0.2) is 28.0 Å². The lowest BCUT2D eigenvalue weighted by Gasteiger charge is -2.30. The average molecular weight is 351 g/mol. The number of nitrogens with one attached hydrogen (secondary N) is 1. The molecule has 2 heterocycles. The average Bonchev–Trinajstić information content (AvgIpc) is 3.22. The summed E-state index contributed by atoms with van der Waals surface area (Å²) in [5, 5.41) is 2.37. The fourth-order valence-corrected chi connectivity index (χ4v) is 3.40. The first-order valence-electron chi connectivity index (χ1n) is 8.21. The maximum Gasteiger partial charge on any atom is 0.241 e. The standard InChI is InChI=1S/C18H20F3N3O/c1-11(18(25)22-13-8-7-12(19)16(20)17(13)21)24-10-4-6-15(24)14-5-3-9-23(14)2/h3,5,7-9,11,15H,4,6,10H2,1-2H3,(H,22,25)/t11-,15-/m1/s1. The van der Waals surface area contributed by atoms with Crippen LogP contribution in [0, 0.1) is 17.5 Å². The van der Waals surface area contributed by atoms with Gasteiger partial charge in [-0.3, -0.25) is 9.69 Å². The predicted molar refractivity (Wildman–Crippen MR) is 88.5 cm³/mol. The van der Waals surface area contributed by atoms with Crippen LogP contribution in [0.3, 0.4) is 0 Å². The molecule has 3 rings (SSSR count). The van der Waals surface area contributed by atoms with Crippen molar-refractivity contribution in [3.05, 3.63) is 53.6 Å². The van der Waals surface area contributed by atoms with Crippen molar-refractivity contribution in [1.29, 1.82) is 0 Å². The molecule has 1 N–H and O–H groups in total. The number of amides is 1. The lowest BCUT2D eigenvalue weighted by Crippen LogP contribution is -2.42. The van der Waals surface area contributed by atoms with E-state index in [0.717, 1.165) is 37.2 Å². The third-order valence-corrected chi connectivity index (χ3v) is 4.79. The molecule has 1 fully saturated rings. The van der Waals surface area contributed by atoms with Gasteiger partial charge in [0.15, 0.2) is 17.5 Å². The Hall–Kier alpha value is -2.28. The van der Waals surface area contributed by atoms with Crippen LogP contribution in [0.2, 0.25) is 0 Å². The topological polar surface area (TPSA) is 37.3 Å². The molecular formula is C18H20F3N3O. The molecule has 25 heavy (non-hydrogen) atoms. The zero-order valence-electron chi connectivity index (χ0n) is 14.1. The van der Waals surface area contributed by atoms with Gasteiger partial charge >= 0.3 is 0 Å². The van der Waals surface area contributed by atoms with Crippen LogP contribution in [0.15, 0.2) is 30.5 Å². The summed E-state index contributed by atoms with van der Waals surface area (Å²) in [5.74, 6) is -4.72. The van der Waals surface area contributed by atoms with Gasteiger partial charge in [-0.2, -0.15) is 0 Å². The van der Waals surface area contributed by atoms with Crippen molar-refractivity contribution in [3.63, 3.8) is 0 Å². The maximum absolute atomic E-state index is 13.8. The van der Waals surface area contributed by atoms with Gasteiger partial charge in [-0.05, 0) is 50.6 Å². The SMILES string of the molecule is C[C@H](C(=O)Nc1ccc(F)c(F)c1F)N1CCC[C@@H]1c1cccn1C. The number of aryl methyl sites for hydroxylation is 1. The van der Waals surface area contributed by atoms with Gasteiger partial charge in [0.25, 0.3) is 0 Å². The summed E-state index contributed by atoms with van der Waals surface area (Å²) >= 11 is 0. The van der Waals surface area contributed by atoms with Crippen molar-refractivity contribution in [1.82, 2.24) is 9.47 Å². The maximum atomic E-state index is 13.8. The summed E-state index contributed by atoms with van der Waals surface area (Å²) in [6, 6.07) is 5.35. The highest BCUT2D eigenvalue weighted by Crippen LogP contribution is 2.34. The number of hydrogen-bond acceptors (Lipinski definition) is 2. The third kappa shape index (κ3) is 3.28. The Morgan fingerprint density at radius 3 is 2.68 bits per heavy atom. The molecule has 2 aromatic rings. The molecule has 7 heteroatoms. The molecule has 0 radical (unpaired) electrons. The molecule has 0 saturated carbocycles. The Morgan fingerprint density at radius 1 is 1.24 bits per heavy atom. The molecule has 1 saturated heterocycles. The molecule has 4 nitrogen and oxygen atoms in total. The number of hydrogen-bond donors (Lipinski definition) is 1. The van der Waals surface area contributed by atoms with E-state index in [1.807, 2.05) is 34.8 Å². The van der Waals surface area contributed by atoms with Crippen LogP contribution >= 0.6 is 0 Å². The van der Waals surface area contributed by atoms with Gasteiger partial charge < -0.3 is 9.88 Å². The van der Waals surface area contributed by atoms with Crippen LogP contribution < -0.4 is 5.32 Å². The number of carbonyl (C=O) groups excluding carboxylic acids is 1. The first-order valence-corrected chi connectivity index (χ1v) is 8.21. The first kappa shape index (κ1) is 17.5. The van der Waals surface area contributed by atoms with Crippen molar-refractivity contribution in [2.75, 3.05) is 11.9 Å². The highest BCUT2D eigenvalue weighted by Gasteiger charge is 2.34. The Labute approximate surface area is 144 Å². The molecule has 1 amide bonds. The summed E-state index contributed by atoms with van der Waals surface area (Å²) in [5.41, 5.74) is 0.751. The van der Waals surface area contributed by atoms with Crippen molar-refractivity contribution in [2.24, 2.45) is 7.05 Å². The van der Waals surface area contributed by atoms with Gasteiger partial charge in [-0.15, -0.1) is 0 Å². The van der Waals surface area contributed by atoms with E-state index in [1.165, 1.54) is 0 Å². The van der Waals surface area contributed by atoms with E-state index in [9.17, 15) is 18.0 Å². The molecule has 1 aliphatic heterocycles. The zero-order valence-corrected chi connectivity index (χ0v) is 14.1. The number of anilines is 1. The summed E-state index contributed by atoms with van der Waals surface area (Å²) < 4.78 is 42.1. The fraction of sp³-hybridized carbons (Fsp3) is 0.389. The molecule has 1 aliphatic rings. The van der Waals surface area contributed by atoms with E-state index in [2.05, 4.69) is 5.32 Å². The van der Waals surface area contributed by atoms with Crippen LogP contribution in [0.5, 0.6) is 0 Å². The van der Waals surface area contributed by atoms with Gasteiger partial charge in [0, 0.05) is 18.9 Å². The first-order chi connectivity index (χ1) is 11.9. The second-order valence-corrected chi connectivity index (χ2v) is 6.33. The number of benzene rings is 1. The molecule has 0 unspecified atom stereocenters. The van der Waals surface area contributed by atoms with E-state index >= 15 is 0 Å². The number of aromatic nitrogens is 1. The summed E-state index contributed by atoms with van der Waals surface area (Å²) in [4.78, 5) is 14.5.